The molecular weight excluding hydrogens is 745 g/mol. The number of benzene rings is 7. The zero-order valence-electron chi connectivity index (χ0n) is 44.5. The van der Waals surface area contributed by atoms with Crippen LogP contribution < -0.4 is 9.30 Å². The maximum atomic E-state index is 9.02. The molecule has 0 aliphatic heterocycles. The highest BCUT2D eigenvalue weighted by molar-refractivity contribution is 6.09. The molecular formula is C56H48N4O. The minimum atomic E-state index is -0.564. The molecule has 5 nitrogen and oxygen atoms in total. The van der Waals surface area contributed by atoms with Crippen LogP contribution in [0, 0.1) is 12.2 Å². The van der Waals surface area contributed by atoms with E-state index in [1.54, 1.807) is 27.3 Å². The standard InChI is InChI=1S/C56H48N4O/c1-38(2)32-39-26-29-50-49(33-39)48-28-27-45(36-53(48)60(50)54-34-42(30-31-57-54)56(3,4)5)61-44-21-14-20-43(35-44)58-37-59(52-25-13-12-24-51(52)58)55-46(40-16-8-6-9-17-40)22-15-23-47(55)41-18-10-7-11-19-41/h6-31,33-36,38H,32H2,1-5H3/i6D,7D,8D,9D,10D,11D,16D,17D,18D,19D. The number of fused-ring (bicyclic) bond motifs is 4. The third kappa shape index (κ3) is 7.16. The van der Waals surface area contributed by atoms with Crippen LogP contribution in [0.25, 0.3) is 72.3 Å². The van der Waals surface area contributed by atoms with E-state index in [0.29, 0.717) is 34.1 Å². The summed E-state index contributed by atoms with van der Waals surface area (Å²) in [6, 6.07) is 31.5. The molecule has 0 unspecified atom stereocenters. The van der Waals surface area contributed by atoms with E-state index in [9.17, 15) is 0 Å². The maximum Gasteiger partial charge on any atom is 0.269 e. The van der Waals surface area contributed by atoms with Gasteiger partial charge < -0.3 is 4.74 Å². The van der Waals surface area contributed by atoms with Gasteiger partial charge in [-0.1, -0.05) is 150 Å². The molecule has 298 valence electrons. The maximum absolute atomic E-state index is 9.02. The molecule has 10 rings (SSSR count). The van der Waals surface area contributed by atoms with E-state index >= 15 is 0 Å². The van der Waals surface area contributed by atoms with Crippen molar-refractivity contribution < 1.29 is 23.0 Å². The van der Waals surface area contributed by atoms with Crippen LogP contribution in [0.2, 0.25) is 0 Å². The second-order valence-corrected chi connectivity index (χ2v) is 16.7. The molecule has 61 heavy (non-hydrogen) atoms. The van der Waals surface area contributed by atoms with Gasteiger partial charge in [0.15, 0.2) is 0 Å². The highest BCUT2D eigenvalue weighted by Gasteiger charge is 2.21. The van der Waals surface area contributed by atoms with Gasteiger partial charge in [0.2, 0.25) is 0 Å². The molecule has 5 heteroatoms. The number of pyridine rings is 1. The highest BCUT2D eigenvalue weighted by atomic mass is 16.5. The number of ether oxygens (including phenoxy) is 1. The second kappa shape index (κ2) is 15.4. The van der Waals surface area contributed by atoms with Gasteiger partial charge in [0, 0.05) is 23.0 Å². The zero-order valence-corrected chi connectivity index (χ0v) is 34.5. The summed E-state index contributed by atoms with van der Waals surface area (Å²) in [6.07, 6.45) is 6.27. The summed E-state index contributed by atoms with van der Waals surface area (Å²) >= 11 is 0. The lowest BCUT2D eigenvalue weighted by Crippen LogP contribution is -2.31. The lowest BCUT2D eigenvalue weighted by molar-refractivity contribution is -0.571. The molecule has 0 bridgehead atoms. The van der Waals surface area contributed by atoms with Crippen LogP contribution in [0.5, 0.6) is 11.5 Å². The molecule has 0 spiro atoms. The zero-order chi connectivity index (χ0) is 50.4. The van der Waals surface area contributed by atoms with Crippen LogP contribution in [-0.2, 0) is 11.8 Å². The molecule has 0 atom stereocenters. The predicted octanol–water partition coefficient (Wildman–Crippen LogP) is 13.8. The summed E-state index contributed by atoms with van der Waals surface area (Å²) in [5.41, 5.74) is 6.42. The average Bonchev–Trinajstić information content (AvgIpc) is 3.89. The van der Waals surface area contributed by atoms with E-state index in [4.69, 9.17) is 23.4 Å². The van der Waals surface area contributed by atoms with Crippen LogP contribution in [0.1, 0.15) is 59.5 Å². The van der Waals surface area contributed by atoms with Crippen molar-refractivity contribution in [1.29, 1.82) is 0 Å². The highest BCUT2D eigenvalue weighted by Crippen LogP contribution is 2.38. The van der Waals surface area contributed by atoms with Crippen molar-refractivity contribution in [1.82, 2.24) is 14.1 Å². The lowest BCUT2D eigenvalue weighted by atomic mass is 9.88. The Labute approximate surface area is 371 Å². The predicted molar refractivity (Wildman–Crippen MR) is 250 cm³/mol. The normalized spacial score (nSPS) is 14.2. The molecule has 3 heterocycles. The van der Waals surface area contributed by atoms with Gasteiger partial charge in [0.25, 0.3) is 6.33 Å². The number of imidazole rings is 1. The molecule has 0 aliphatic carbocycles. The fourth-order valence-corrected chi connectivity index (χ4v) is 8.16. The van der Waals surface area contributed by atoms with Crippen molar-refractivity contribution in [2.24, 2.45) is 5.92 Å². The molecule has 0 aliphatic rings. The number of para-hydroxylation sites is 3. The van der Waals surface area contributed by atoms with Gasteiger partial charge >= 0.3 is 0 Å². The van der Waals surface area contributed by atoms with Crippen molar-refractivity contribution in [3.05, 3.63) is 199 Å². The fraction of sp³-hybridized carbons (Fsp3) is 0.143. The third-order valence-corrected chi connectivity index (χ3v) is 11.0. The number of nitrogens with zero attached hydrogens (tertiary/aromatic N) is 4. The first-order chi connectivity index (χ1) is 33.8. The van der Waals surface area contributed by atoms with Gasteiger partial charge in [-0.05, 0) is 106 Å². The van der Waals surface area contributed by atoms with Gasteiger partial charge in [0.1, 0.15) is 17.3 Å². The van der Waals surface area contributed by atoms with Gasteiger partial charge in [-0.2, -0.15) is 0 Å². The number of hydrogen-bond donors (Lipinski definition) is 0. The minimum absolute atomic E-state index is 0.0950. The van der Waals surface area contributed by atoms with Crippen LogP contribution in [0.3, 0.4) is 0 Å². The topological polar surface area (TPSA) is 35.9 Å². The molecule has 0 saturated heterocycles. The minimum Gasteiger partial charge on any atom is -0.458 e. The van der Waals surface area contributed by atoms with Crippen LogP contribution in [0.4, 0.5) is 0 Å². The van der Waals surface area contributed by atoms with E-state index in [-0.39, 0.29) is 33.4 Å². The van der Waals surface area contributed by atoms with Crippen molar-refractivity contribution >= 4 is 32.8 Å². The van der Waals surface area contributed by atoms with Crippen molar-refractivity contribution in [3.63, 3.8) is 0 Å². The number of aromatic nitrogens is 4. The monoisotopic (exact) mass is 802 g/mol. The first-order valence-electron chi connectivity index (χ1n) is 25.4. The van der Waals surface area contributed by atoms with Gasteiger partial charge in [-0.3, -0.25) is 13.7 Å². The Balaban J connectivity index is 1.14. The van der Waals surface area contributed by atoms with Gasteiger partial charge in [-0.15, -0.1) is 0 Å². The lowest BCUT2D eigenvalue weighted by Gasteiger charge is -2.20. The first-order valence-corrected chi connectivity index (χ1v) is 20.4. The summed E-state index contributed by atoms with van der Waals surface area (Å²) in [5, 5.41) is 2.19. The van der Waals surface area contributed by atoms with E-state index in [1.807, 2.05) is 66.9 Å². The van der Waals surface area contributed by atoms with Crippen molar-refractivity contribution in [2.45, 2.75) is 46.5 Å². The van der Waals surface area contributed by atoms with Crippen molar-refractivity contribution in [2.75, 3.05) is 0 Å². The number of rotatable bonds is 9. The van der Waals surface area contributed by atoms with Crippen LogP contribution in [0.15, 0.2) is 182 Å². The molecule has 3 aromatic heterocycles. The summed E-state index contributed by atoms with van der Waals surface area (Å²) < 4.78 is 99.4. The Morgan fingerprint density at radius 3 is 2.10 bits per heavy atom. The Morgan fingerprint density at radius 2 is 1.38 bits per heavy atom. The molecule has 0 radical (unpaired) electrons. The largest absolute Gasteiger partial charge is 0.458 e. The van der Waals surface area contributed by atoms with Gasteiger partial charge in [0.05, 0.1) is 47.1 Å². The molecule has 7 aromatic carbocycles. The second-order valence-electron chi connectivity index (χ2n) is 16.7. The van der Waals surface area contributed by atoms with Gasteiger partial charge in [-0.25, -0.2) is 4.98 Å². The molecule has 10 aromatic rings. The molecule has 0 N–H and O–H groups in total. The molecule has 0 saturated carbocycles. The smallest absolute Gasteiger partial charge is 0.269 e. The SMILES string of the molecule is [2H]c1c([2H])c([2H])c(-c2cccc(-c3c([2H])c([2H])c([2H])c([2H])c3[2H])c2-[n+]2[c-]n(-c3cccc(Oc4ccc5c6cc(CC(C)C)ccc6n(-c6cc(C(C)(C)C)ccn6)c5c4)c3)c3ccccc32)c([2H])c1[2H]. The van der Waals surface area contributed by atoms with E-state index in [1.165, 1.54) is 5.56 Å². The quantitative estimate of drug-likeness (QED) is 0.108. The Morgan fingerprint density at radius 1 is 0.672 bits per heavy atom. The van der Waals surface area contributed by atoms with E-state index in [0.717, 1.165) is 39.6 Å². The molecule has 0 amide bonds. The Bertz CT molecular complexity index is 3670. The molecule has 0 fully saturated rings. The summed E-state index contributed by atoms with van der Waals surface area (Å²) in [6.45, 7) is 11.0. The average molecular weight is 803 g/mol. The third-order valence-electron chi connectivity index (χ3n) is 11.0. The first kappa shape index (κ1) is 28.3. The van der Waals surface area contributed by atoms with Crippen LogP contribution >= 0.6 is 0 Å². The fourth-order valence-electron chi connectivity index (χ4n) is 8.16. The number of hydrogen-bond acceptors (Lipinski definition) is 2. The van der Waals surface area contributed by atoms with Crippen molar-refractivity contribution in [3.8, 4) is 50.9 Å². The Hall–Kier alpha value is -7.24. The summed E-state index contributed by atoms with van der Waals surface area (Å²) in [4.78, 5) is 4.89. The Kier molecular flexibility index (Phi) is 7.14. The van der Waals surface area contributed by atoms with E-state index in [2.05, 4.69) is 81.9 Å². The van der Waals surface area contributed by atoms with E-state index < -0.39 is 60.4 Å². The summed E-state index contributed by atoms with van der Waals surface area (Å²) in [7, 11) is 0. The summed E-state index contributed by atoms with van der Waals surface area (Å²) in [5.74, 6) is 2.42. The van der Waals surface area contributed by atoms with Crippen LogP contribution in [-0.4, -0.2) is 14.1 Å².